The van der Waals surface area contributed by atoms with E-state index in [9.17, 15) is 14.9 Å². The molecule has 110 valence electrons. The molecule has 0 fully saturated rings. The molecule has 0 spiro atoms. The molecule has 2 rings (SSSR count). The van der Waals surface area contributed by atoms with Crippen LogP contribution in [0.15, 0.2) is 18.3 Å². The van der Waals surface area contributed by atoms with E-state index in [0.29, 0.717) is 17.1 Å². The normalized spacial score (nSPS) is 10.4. The van der Waals surface area contributed by atoms with Gasteiger partial charge in [0.15, 0.2) is 0 Å². The van der Waals surface area contributed by atoms with Crippen molar-refractivity contribution >= 4 is 17.5 Å². The van der Waals surface area contributed by atoms with Crippen molar-refractivity contribution in [1.29, 1.82) is 0 Å². The van der Waals surface area contributed by atoms with Crippen LogP contribution in [0.5, 0.6) is 0 Å². The Balaban J connectivity index is 2.16. The fraction of sp³-hybridized carbons (Fsp3) is 0.250. The largest absolute Gasteiger partial charge is 0.477 e. The monoisotopic (exact) mass is 291 g/mol. The minimum atomic E-state index is -1.10. The zero-order valence-electron chi connectivity index (χ0n) is 11.4. The number of pyridine rings is 1. The second-order valence-electron chi connectivity index (χ2n) is 4.37. The maximum Gasteiger partial charge on any atom is 0.354 e. The van der Waals surface area contributed by atoms with Crippen LogP contribution >= 0.6 is 0 Å². The van der Waals surface area contributed by atoms with Gasteiger partial charge in [-0.2, -0.15) is 5.10 Å². The van der Waals surface area contributed by atoms with Gasteiger partial charge >= 0.3 is 11.7 Å². The van der Waals surface area contributed by atoms with Crippen LogP contribution < -0.4 is 5.32 Å². The summed E-state index contributed by atoms with van der Waals surface area (Å²) >= 11 is 0. The number of carboxylic acids is 1. The molecule has 9 nitrogen and oxygen atoms in total. The molecule has 21 heavy (non-hydrogen) atoms. The number of aryl methyl sites for hydroxylation is 2. The Hall–Kier alpha value is -2.97. The minimum absolute atomic E-state index is 0.0545. The first-order valence-electron chi connectivity index (χ1n) is 6.00. The Morgan fingerprint density at radius 2 is 2.24 bits per heavy atom. The number of anilines is 1. The van der Waals surface area contributed by atoms with Crippen molar-refractivity contribution in [1.82, 2.24) is 14.8 Å². The zero-order valence-corrected chi connectivity index (χ0v) is 11.4. The van der Waals surface area contributed by atoms with Crippen molar-refractivity contribution in [2.75, 3.05) is 5.32 Å². The first-order valence-corrected chi connectivity index (χ1v) is 6.00. The van der Waals surface area contributed by atoms with E-state index in [1.54, 1.807) is 20.0 Å². The lowest BCUT2D eigenvalue weighted by atomic mass is 10.2. The third kappa shape index (κ3) is 2.96. The van der Waals surface area contributed by atoms with E-state index in [1.807, 2.05) is 0 Å². The number of rotatable bonds is 5. The second kappa shape index (κ2) is 5.57. The number of hydrogen-bond acceptors (Lipinski definition) is 6. The molecular formula is C12H13N5O4. The lowest BCUT2D eigenvalue weighted by Gasteiger charge is -2.06. The zero-order chi connectivity index (χ0) is 15.6. The summed E-state index contributed by atoms with van der Waals surface area (Å²) in [5.74, 6) is -0.813. The van der Waals surface area contributed by atoms with Gasteiger partial charge in [-0.15, -0.1) is 0 Å². The molecular weight excluding hydrogens is 278 g/mol. The Kier molecular flexibility index (Phi) is 3.83. The fourth-order valence-corrected chi connectivity index (χ4v) is 1.91. The van der Waals surface area contributed by atoms with Crippen LogP contribution in [0.2, 0.25) is 0 Å². The standard InChI is InChI=1S/C12H13N5O4/c1-7-10(17(20)21)11(16(2)15-7)14-6-8-3-4-9(12(18)19)13-5-8/h3-5,14H,6H2,1-2H3,(H,18,19). The highest BCUT2D eigenvalue weighted by atomic mass is 16.6. The summed E-state index contributed by atoms with van der Waals surface area (Å²) in [6.07, 6.45) is 1.41. The van der Waals surface area contributed by atoms with Gasteiger partial charge in [0, 0.05) is 19.8 Å². The van der Waals surface area contributed by atoms with Crippen molar-refractivity contribution in [3.8, 4) is 0 Å². The van der Waals surface area contributed by atoms with E-state index in [4.69, 9.17) is 5.11 Å². The molecule has 0 amide bonds. The van der Waals surface area contributed by atoms with Gasteiger partial charge in [-0.1, -0.05) is 6.07 Å². The molecule has 2 heterocycles. The quantitative estimate of drug-likeness (QED) is 0.629. The minimum Gasteiger partial charge on any atom is -0.477 e. The van der Waals surface area contributed by atoms with Gasteiger partial charge in [-0.25, -0.2) is 14.5 Å². The van der Waals surface area contributed by atoms with E-state index < -0.39 is 10.9 Å². The first kappa shape index (κ1) is 14.4. The van der Waals surface area contributed by atoms with E-state index in [1.165, 1.54) is 16.9 Å². The Morgan fingerprint density at radius 3 is 2.76 bits per heavy atom. The van der Waals surface area contributed by atoms with Gasteiger partial charge in [-0.3, -0.25) is 10.1 Å². The fourth-order valence-electron chi connectivity index (χ4n) is 1.91. The summed E-state index contributed by atoms with van der Waals surface area (Å²) in [7, 11) is 1.61. The third-order valence-corrected chi connectivity index (χ3v) is 2.88. The smallest absolute Gasteiger partial charge is 0.354 e. The number of nitro groups is 1. The molecule has 2 N–H and O–H groups in total. The molecule has 0 radical (unpaired) electrons. The van der Waals surface area contributed by atoms with Crippen molar-refractivity contribution in [2.24, 2.45) is 7.05 Å². The summed E-state index contributed by atoms with van der Waals surface area (Å²) in [5, 5.41) is 26.7. The van der Waals surface area contributed by atoms with Crippen LogP contribution in [0.3, 0.4) is 0 Å². The number of carboxylic acid groups (broad SMARTS) is 1. The molecule has 9 heteroatoms. The lowest BCUT2D eigenvalue weighted by Crippen LogP contribution is -2.07. The summed E-state index contributed by atoms with van der Waals surface area (Å²) in [4.78, 5) is 25.0. The molecule has 0 saturated carbocycles. The van der Waals surface area contributed by atoms with Gasteiger partial charge in [0.2, 0.25) is 5.82 Å². The maximum absolute atomic E-state index is 11.0. The average molecular weight is 291 g/mol. The predicted molar refractivity (Wildman–Crippen MR) is 73.1 cm³/mol. The molecule has 2 aromatic heterocycles. The SMILES string of the molecule is Cc1nn(C)c(NCc2ccc(C(=O)O)nc2)c1[N+](=O)[O-]. The molecule has 0 aliphatic carbocycles. The van der Waals surface area contributed by atoms with Crippen molar-refractivity contribution in [3.63, 3.8) is 0 Å². The predicted octanol–water partition coefficient (Wildman–Crippen LogP) is 1.34. The number of carbonyl (C=O) groups is 1. The van der Waals surface area contributed by atoms with E-state index in [-0.39, 0.29) is 17.9 Å². The maximum atomic E-state index is 11.0. The molecule has 0 unspecified atom stereocenters. The Morgan fingerprint density at radius 1 is 1.52 bits per heavy atom. The van der Waals surface area contributed by atoms with Gasteiger partial charge in [-0.05, 0) is 18.6 Å². The first-order chi connectivity index (χ1) is 9.90. The van der Waals surface area contributed by atoms with Crippen LogP contribution in [0.1, 0.15) is 21.7 Å². The average Bonchev–Trinajstić information content (AvgIpc) is 2.71. The summed E-state index contributed by atoms with van der Waals surface area (Å²) in [5.41, 5.74) is 0.895. The second-order valence-corrected chi connectivity index (χ2v) is 4.37. The Bertz CT molecular complexity index is 692. The molecule has 0 aliphatic rings. The topological polar surface area (TPSA) is 123 Å². The van der Waals surface area contributed by atoms with Crippen molar-refractivity contribution in [2.45, 2.75) is 13.5 Å². The number of nitrogens with one attached hydrogen (secondary N) is 1. The highest BCUT2D eigenvalue weighted by Crippen LogP contribution is 2.27. The molecule has 0 bridgehead atoms. The number of hydrogen-bond donors (Lipinski definition) is 2. The van der Waals surface area contributed by atoms with Crippen molar-refractivity contribution in [3.05, 3.63) is 45.4 Å². The molecule has 0 aliphatic heterocycles. The number of aromatic carboxylic acids is 1. The van der Waals surface area contributed by atoms with Gasteiger partial charge in [0.1, 0.15) is 11.4 Å². The summed E-state index contributed by atoms with van der Waals surface area (Å²) < 4.78 is 1.40. The van der Waals surface area contributed by atoms with Gasteiger partial charge in [0.05, 0.1) is 4.92 Å². The number of nitrogens with zero attached hydrogens (tertiary/aromatic N) is 4. The molecule has 0 saturated heterocycles. The Labute approximate surface area is 119 Å². The van der Waals surface area contributed by atoms with Gasteiger partial charge in [0.25, 0.3) is 0 Å². The van der Waals surface area contributed by atoms with Crippen molar-refractivity contribution < 1.29 is 14.8 Å². The van der Waals surface area contributed by atoms with Crippen LogP contribution in [0.4, 0.5) is 11.5 Å². The lowest BCUT2D eigenvalue weighted by molar-refractivity contribution is -0.384. The molecule has 0 aromatic carbocycles. The van der Waals surface area contributed by atoms with Gasteiger partial charge < -0.3 is 10.4 Å². The highest BCUT2D eigenvalue weighted by Gasteiger charge is 2.23. The van der Waals surface area contributed by atoms with E-state index in [0.717, 1.165) is 0 Å². The number of aromatic nitrogens is 3. The summed E-state index contributed by atoms with van der Waals surface area (Å²) in [6, 6.07) is 2.97. The highest BCUT2D eigenvalue weighted by molar-refractivity contribution is 5.85. The van der Waals surface area contributed by atoms with Crippen LogP contribution in [-0.2, 0) is 13.6 Å². The van der Waals surface area contributed by atoms with E-state index >= 15 is 0 Å². The molecule has 0 atom stereocenters. The summed E-state index contributed by atoms with van der Waals surface area (Å²) in [6.45, 7) is 1.83. The van der Waals surface area contributed by atoms with Crippen LogP contribution in [-0.4, -0.2) is 30.8 Å². The third-order valence-electron chi connectivity index (χ3n) is 2.88. The van der Waals surface area contributed by atoms with Crippen LogP contribution in [0, 0.1) is 17.0 Å². The molecule has 2 aromatic rings. The van der Waals surface area contributed by atoms with Crippen LogP contribution in [0.25, 0.3) is 0 Å². The van der Waals surface area contributed by atoms with E-state index in [2.05, 4.69) is 15.4 Å².